The zero-order valence-corrected chi connectivity index (χ0v) is 14.3. The van der Waals surface area contributed by atoms with E-state index in [1.54, 1.807) is 4.31 Å². The van der Waals surface area contributed by atoms with Crippen LogP contribution in [0.25, 0.3) is 0 Å². The molecule has 0 aromatic heterocycles. The van der Waals surface area contributed by atoms with Crippen LogP contribution in [0.4, 0.5) is 0 Å². The van der Waals surface area contributed by atoms with Crippen LogP contribution < -0.4 is 0 Å². The van der Waals surface area contributed by atoms with Gasteiger partial charge in [0.05, 0.1) is 11.6 Å². The van der Waals surface area contributed by atoms with E-state index in [9.17, 15) is 8.42 Å². The molecule has 1 aliphatic heterocycles. The molecule has 2 aliphatic rings. The van der Waals surface area contributed by atoms with E-state index < -0.39 is 10.0 Å². The molecule has 2 rings (SSSR count). The van der Waals surface area contributed by atoms with Gasteiger partial charge in [-0.05, 0) is 43.4 Å². The predicted molar refractivity (Wildman–Crippen MR) is 84.5 cm³/mol. The average Bonchev–Trinajstić information content (AvgIpc) is 2.25. The Kier molecular flexibility index (Phi) is 4.87. The first kappa shape index (κ1) is 16.3. The van der Waals surface area contributed by atoms with E-state index in [2.05, 4.69) is 19.9 Å². The first-order chi connectivity index (χ1) is 9.16. The number of halogens is 1. The van der Waals surface area contributed by atoms with Crippen LogP contribution in [0.1, 0.15) is 46.0 Å². The fourth-order valence-electron chi connectivity index (χ4n) is 3.59. The van der Waals surface area contributed by atoms with E-state index in [0.717, 1.165) is 32.1 Å². The zero-order chi connectivity index (χ0) is 15.0. The number of rotatable bonds is 3. The lowest BCUT2D eigenvalue weighted by atomic mass is 9.74. The summed E-state index contributed by atoms with van der Waals surface area (Å²) in [6, 6.07) is 0. The maximum Gasteiger partial charge on any atom is 0.211 e. The van der Waals surface area contributed by atoms with Gasteiger partial charge >= 0.3 is 0 Å². The summed E-state index contributed by atoms with van der Waals surface area (Å²) >= 11 is 6.33. The Balaban J connectivity index is 2.00. The van der Waals surface area contributed by atoms with E-state index >= 15 is 0 Å². The second-order valence-electron chi connectivity index (χ2n) is 7.22. The number of hydrogen-bond acceptors (Lipinski definition) is 2. The number of hydrogen-bond donors (Lipinski definition) is 0. The van der Waals surface area contributed by atoms with Crippen molar-refractivity contribution in [3.8, 4) is 0 Å². The lowest BCUT2D eigenvalue weighted by Gasteiger charge is -2.36. The van der Waals surface area contributed by atoms with E-state index in [1.807, 2.05) is 0 Å². The molecule has 0 aromatic rings. The number of sulfonamides is 1. The van der Waals surface area contributed by atoms with Gasteiger partial charge in [-0.3, -0.25) is 0 Å². The summed E-state index contributed by atoms with van der Waals surface area (Å²) < 4.78 is 25.0. The van der Waals surface area contributed by atoms with Gasteiger partial charge in [-0.1, -0.05) is 25.5 Å². The molecular weight excluding hydrogens is 294 g/mol. The van der Waals surface area contributed by atoms with Crippen LogP contribution in [0.15, 0.2) is 11.6 Å². The smallest absolute Gasteiger partial charge is 0.211 e. The Hall–Kier alpha value is -0.0600. The van der Waals surface area contributed by atoms with Gasteiger partial charge in [0.15, 0.2) is 0 Å². The topological polar surface area (TPSA) is 37.4 Å². The molecule has 1 fully saturated rings. The molecule has 0 radical (unpaired) electrons. The Morgan fingerprint density at radius 3 is 2.75 bits per heavy atom. The Bertz CT molecular complexity index is 484. The standard InChI is InChI=1S/C15H26ClNO2S/c1-15(2)9-13(8-14(16)10-15)7-12-5-4-6-17(11-12)20(3,18)19/h8,12,14H,4-7,9-11H2,1-3H3. The second-order valence-corrected chi connectivity index (χ2v) is 9.76. The number of nitrogens with zero attached hydrogens (tertiary/aromatic N) is 1. The molecule has 0 bridgehead atoms. The minimum Gasteiger partial charge on any atom is -0.213 e. The van der Waals surface area contributed by atoms with Gasteiger partial charge in [0.25, 0.3) is 0 Å². The van der Waals surface area contributed by atoms with Gasteiger partial charge in [-0.2, -0.15) is 0 Å². The molecule has 0 aromatic carbocycles. The van der Waals surface area contributed by atoms with Crippen LogP contribution in [0.3, 0.4) is 0 Å². The molecule has 1 saturated heterocycles. The summed E-state index contributed by atoms with van der Waals surface area (Å²) in [5.74, 6) is 0.447. The molecule has 116 valence electrons. The van der Waals surface area contributed by atoms with Crippen molar-refractivity contribution in [2.45, 2.75) is 51.3 Å². The SMILES string of the molecule is CC1(C)CC(CC2CCCN(S(C)(=O)=O)C2)=CC(Cl)C1. The molecule has 5 heteroatoms. The van der Waals surface area contributed by atoms with Gasteiger partial charge in [0, 0.05) is 13.1 Å². The summed E-state index contributed by atoms with van der Waals surface area (Å²) in [6.07, 6.45) is 8.72. The van der Waals surface area contributed by atoms with Crippen LogP contribution in [-0.4, -0.2) is 37.4 Å². The molecular formula is C15H26ClNO2S. The molecule has 0 spiro atoms. The van der Waals surface area contributed by atoms with Crippen molar-refractivity contribution in [3.63, 3.8) is 0 Å². The average molecular weight is 320 g/mol. The van der Waals surface area contributed by atoms with Crippen molar-refractivity contribution in [2.75, 3.05) is 19.3 Å². The van der Waals surface area contributed by atoms with Crippen LogP contribution in [0.2, 0.25) is 0 Å². The van der Waals surface area contributed by atoms with Gasteiger partial charge < -0.3 is 0 Å². The van der Waals surface area contributed by atoms with E-state index in [1.165, 1.54) is 11.8 Å². The normalized spacial score (nSPS) is 31.9. The van der Waals surface area contributed by atoms with Gasteiger partial charge in [0.2, 0.25) is 10.0 Å². The summed E-state index contributed by atoms with van der Waals surface area (Å²) in [7, 11) is -3.05. The highest BCUT2D eigenvalue weighted by Crippen LogP contribution is 2.40. The molecule has 0 saturated carbocycles. The highest BCUT2D eigenvalue weighted by atomic mass is 35.5. The Morgan fingerprint density at radius 2 is 2.15 bits per heavy atom. The lowest BCUT2D eigenvalue weighted by molar-refractivity contribution is 0.253. The first-order valence-electron chi connectivity index (χ1n) is 7.44. The second kappa shape index (κ2) is 5.98. The van der Waals surface area contributed by atoms with E-state index in [4.69, 9.17) is 11.6 Å². The monoisotopic (exact) mass is 319 g/mol. The molecule has 0 amide bonds. The fraction of sp³-hybridized carbons (Fsp3) is 0.867. The summed E-state index contributed by atoms with van der Waals surface area (Å²) in [4.78, 5) is 0. The maximum absolute atomic E-state index is 11.7. The van der Waals surface area contributed by atoms with Crippen LogP contribution in [0.5, 0.6) is 0 Å². The van der Waals surface area contributed by atoms with Crippen molar-refractivity contribution in [1.29, 1.82) is 0 Å². The van der Waals surface area contributed by atoms with Crippen molar-refractivity contribution in [1.82, 2.24) is 4.31 Å². The summed E-state index contributed by atoms with van der Waals surface area (Å²) in [5, 5.41) is 0.128. The molecule has 0 N–H and O–H groups in total. The van der Waals surface area contributed by atoms with E-state index in [-0.39, 0.29) is 10.8 Å². The van der Waals surface area contributed by atoms with Crippen molar-refractivity contribution < 1.29 is 8.42 Å². The first-order valence-corrected chi connectivity index (χ1v) is 9.73. The molecule has 3 nitrogen and oxygen atoms in total. The number of piperidine rings is 1. The van der Waals surface area contributed by atoms with Crippen molar-refractivity contribution in [3.05, 3.63) is 11.6 Å². The van der Waals surface area contributed by atoms with Gasteiger partial charge in [-0.15, -0.1) is 11.6 Å². The Labute approximate surface area is 128 Å². The quantitative estimate of drug-likeness (QED) is 0.590. The molecule has 1 aliphatic carbocycles. The van der Waals surface area contributed by atoms with Gasteiger partial charge in [-0.25, -0.2) is 12.7 Å². The Morgan fingerprint density at radius 1 is 1.45 bits per heavy atom. The third kappa shape index (κ3) is 4.47. The van der Waals surface area contributed by atoms with Crippen LogP contribution >= 0.6 is 11.6 Å². The highest BCUT2D eigenvalue weighted by Gasteiger charge is 2.31. The fourth-order valence-corrected chi connectivity index (χ4v) is 5.13. The molecule has 2 unspecified atom stereocenters. The zero-order valence-electron chi connectivity index (χ0n) is 12.7. The van der Waals surface area contributed by atoms with Crippen molar-refractivity contribution in [2.24, 2.45) is 11.3 Å². The maximum atomic E-state index is 11.7. The number of allylic oxidation sites excluding steroid dienone is 2. The highest BCUT2D eigenvalue weighted by molar-refractivity contribution is 7.88. The summed E-state index contributed by atoms with van der Waals surface area (Å²) in [6.45, 7) is 5.87. The summed E-state index contributed by atoms with van der Waals surface area (Å²) in [5.41, 5.74) is 1.68. The molecule has 2 atom stereocenters. The molecule has 1 heterocycles. The predicted octanol–water partition coefficient (Wildman–Crippen LogP) is 3.40. The third-order valence-electron chi connectivity index (χ3n) is 4.37. The van der Waals surface area contributed by atoms with Crippen molar-refractivity contribution >= 4 is 21.6 Å². The minimum absolute atomic E-state index is 0.128. The third-order valence-corrected chi connectivity index (χ3v) is 5.92. The van der Waals surface area contributed by atoms with E-state index in [0.29, 0.717) is 19.0 Å². The lowest BCUT2D eigenvalue weighted by Crippen LogP contribution is -2.39. The van der Waals surface area contributed by atoms with Crippen LogP contribution in [-0.2, 0) is 10.0 Å². The minimum atomic E-state index is -3.05. The molecule has 20 heavy (non-hydrogen) atoms. The van der Waals surface area contributed by atoms with Gasteiger partial charge in [0.1, 0.15) is 0 Å². The largest absolute Gasteiger partial charge is 0.213 e. The number of alkyl halides is 1. The van der Waals surface area contributed by atoms with Crippen LogP contribution in [0, 0.1) is 11.3 Å².